The number of likely N-dealkylation sites (tertiary alicyclic amines) is 1. The molecule has 0 aliphatic carbocycles. The molecular weight excluding hydrogens is 264 g/mol. The van der Waals surface area contributed by atoms with E-state index < -0.39 is 5.97 Å². The van der Waals surface area contributed by atoms with Crippen LogP contribution in [0.5, 0.6) is 0 Å². The number of nitrogens with one attached hydrogen (secondary N) is 1. The first-order valence-electron chi connectivity index (χ1n) is 6.92. The summed E-state index contributed by atoms with van der Waals surface area (Å²) in [5.41, 5.74) is 0. The second-order valence-electron chi connectivity index (χ2n) is 4.92. The quantitative estimate of drug-likeness (QED) is 0.551. The summed E-state index contributed by atoms with van der Waals surface area (Å²) in [4.78, 5) is 35.6. The Morgan fingerprint density at radius 3 is 2.35 bits per heavy atom. The Labute approximate surface area is 117 Å². The topological polar surface area (TPSA) is 107 Å². The minimum absolute atomic E-state index is 0.0166. The van der Waals surface area contributed by atoms with Crippen molar-refractivity contribution in [2.45, 2.75) is 32.1 Å². The number of aliphatic carboxylic acids is 1. The summed E-state index contributed by atoms with van der Waals surface area (Å²) < 4.78 is 0. The molecule has 1 saturated heterocycles. The van der Waals surface area contributed by atoms with E-state index in [-0.39, 0.29) is 37.2 Å². The van der Waals surface area contributed by atoms with Gasteiger partial charge in [-0.05, 0) is 19.3 Å². The summed E-state index contributed by atoms with van der Waals surface area (Å²) in [7, 11) is 0. The number of carbonyl (C=O) groups excluding carboxylic acids is 2. The van der Waals surface area contributed by atoms with E-state index in [4.69, 9.17) is 10.2 Å². The van der Waals surface area contributed by atoms with Crippen molar-refractivity contribution in [3.05, 3.63) is 0 Å². The molecule has 114 valence electrons. The van der Waals surface area contributed by atoms with Gasteiger partial charge >= 0.3 is 5.97 Å². The molecule has 7 nitrogen and oxygen atoms in total. The molecule has 1 heterocycles. The predicted octanol–water partition coefficient (Wildman–Crippen LogP) is -0.412. The Morgan fingerprint density at radius 1 is 1.15 bits per heavy atom. The zero-order valence-electron chi connectivity index (χ0n) is 11.5. The molecule has 0 atom stereocenters. The highest BCUT2D eigenvalue weighted by atomic mass is 16.4. The number of carboxylic acids is 1. The van der Waals surface area contributed by atoms with Gasteiger partial charge in [-0.15, -0.1) is 0 Å². The van der Waals surface area contributed by atoms with E-state index in [0.29, 0.717) is 38.9 Å². The monoisotopic (exact) mass is 286 g/mol. The minimum atomic E-state index is -0.975. The molecular formula is C13H22N2O5. The van der Waals surface area contributed by atoms with Crippen LogP contribution >= 0.6 is 0 Å². The molecule has 1 rings (SSSR count). The lowest BCUT2D eigenvalue weighted by atomic mass is 9.95. The van der Waals surface area contributed by atoms with Crippen LogP contribution in [0.25, 0.3) is 0 Å². The number of aliphatic hydroxyl groups excluding tert-OH is 1. The Kier molecular flexibility index (Phi) is 7.00. The summed E-state index contributed by atoms with van der Waals surface area (Å²) >= 11 is 0. The first-order chi connectivity index (χ1) is 9.54. The largest absolute Gasteiger partial charge is 0.481 e. The van der Waals surface area contributed by atoms with Crippen molar-refractivity contribution in [2.24, 2.45) is 5.92 Å². The molecule has 0 aromatic carbocycles. The van der Waals surface area contributed by atoms with E-state index in [0.717, 1.165) is 0 Å². The van der Waals surface area contributed by atoms with Crippen LogP contribution in [0.1, 0.15) is 32.1 Å². The smallest absolute Gasteiger partial charge is 0.303 e. The van der Waals surface area contributed by atoms with Crippen LogP contribution in [0.4, 0.5) is 0 Å². The van der Waals surface area contributed by atoms with E-state index in [1.165, 1.54) is 0 Å². The van der Waals surface area contributed by atoms with E-state index in [1.807, 2.05) is 0 Å². The number of carbonyl (C=O) groups is 3. The first-order valence-corrected chi connectivity index (χ1v) is 6.92. The fraction of sp³-hybridized carbons (Fsp3) is 0.769. The van der Waals surface area contributed by atoms with Gasteiger partial charge in [-0.3, -0.25) is 14.4 Å². The number of carboxylic acid groups (broad SMARTS) is 1. The van der Waals surface area contributed by atoms with Crippen molar-refractivity contribution >= 4 is 17.8 Å². The fourth-order valence-electron chi connectivity index (χ4n) is 2.20. The zero-order valence-corrected chi connectivity index (χ0v) is 11.5. The Morgan fingerprint density at radius 2 is 1.80 bits per heavy atom. The molecule has 0 bridgehead atoms. The van der Waals surface area contributed by atoms with Gasteiger partial charge in [0.15, 0.2) is 0 Å². The molecule has 7 heteroatoms. The van der Waals surface area contributed by atoms with Gasteiger partial charge in [0.2, 0.25) is 11.8 Å². The van der Waals surface area contributed by atoms with Crippen LogP contribution in [0.15, 0.2) is 0 Å². The standard InChI is InChI=1S/C13H22N2O5/c16-9-1-6-14-13(20)10-4-7-15(8-5-10)11(17)2-3-12(18)19/h10,16H,1-9H2,(H,14,20)(H,18,19). The molecule has 0 spiro atoms. The van der Waals surface area contributed by atoms with Gasteiger partial charge in [0.05, 0.1) is 6.42 Å². The van der Waals surface area contributed by atoms with Crippen LogP contribution in [-0.4, -0.2) is 59.1 Å². The van der Waals surface area contributed by atoms with Crippen LogP contribution in [0, 0.1) is 5.92 Å². The van der Waals surface area contributed by atoms with Crippen molar-refractivity contribution in [1.29, 1.82) is 0 Å². The van der Waals surface area contributed by atoms with Gasteiger partial charge in [0.1, 0.15) is 0 Å². The van der Waals surface area contributed by atoms with Gasteiger partial charge in [0, 0.05) is 38.6 Å². The maximum absolute atomic E-state index is 11.8. The molecule has 0 saturated carbocycles. The highest BCUT2D eigenvalue weighted by Crippen LogP contribution is 2.18. The van der Waals surface area contributed by atoms with E-state index >= 15 is 0 Å². The Balaban J connectivity index is 2.26. The first kappa shape index (κ1) is 16.4. The highest BCUT2D eigenvalue weighted by Gasteiger charge is 2.27. The summed E-state index contributed by atoms with van der Waals surface area (Å²) in [6, 6.07) is 0. The number of amides is 2. The predicted molar refractivity (Wildman–Crippen MR) is 70.9 cm³/mol. The van der Waals surface area contributed by atoms with E-state index in [1.54, 1.807) is 4.90 Å². The SMILES string of the molecule is O=C(O)CCC(=O)N1CCC(C(=O)NCCCO)CC1. The third kappa shape index (κ3) is 5.56. The second-order valence-corrected chi connectivity index (χ2v) is 4.92. The normalized spacial score (nSPS) is 15.9. The Bertz CT molecular complexity index is 351. The summed E-state index contributed by atoms with van der Waals surface area (Å²) in [5, 5.41) is 19.9. The van der Waals surface area contributed by atoms with Gasteiger partial charge in [-0.2, -0.15) is 0 Å². The van der Waals surface area contributed by atoms with E-state index in [2.05, 4.69) is 5.32 Å². The maximum atomic E-state index is 11.8. The lowest BCUT2D eigenvalue weighted by molar-refractivity contribution is -0.141. The molecule has 1 aliphatic heterocycles. The van der Waals surface area contributed by atoms with Crippen LogP contribution in [0.2, 0.25) is 0 Å². The van der Waals surface area contributed by atoms with Gasteiger partial charge in [-0.1, -0.05) is 0 Å². The molecule has 0 radical (unpaired) electrons. The van der Waals surface area contributed by atoms with E-state index in [9.17, 15) is 14.4 Å². The number of aliphatic hydroxyl groups is 1. The summed E-state index contributed by atoms with van der Waals surface area (Å²) in [6.45, 7) is 1.51. The molecule has 3 N–H and O–H groups in total. The number of rotatable bonds is 7. The average molecular weight is 286 g/mol. The fourth-order valence-corrected chi connectivity index (χ4v) is 2.20. The molecule has 2 amide bonds. The van der Waals surface area contributed by atoms with Crippen molar-refractivity contribution in [3.8, 4) is 0 Å². The minimum Gasteiger partial charge on any atom is -0.481 e. The summed E-state index contributed by atoms with van der Waals surface area (Å²) in [5.74, 6) is -1.27. The van der Waals surface area contributed by atoms with Gasteiger partial charge < -0.3 is 20.4 Å². The summed E-state index contributed by atoms with van der Waals surface area (Å²) in [6.07, 6.45) is 1.61. The molecule has 1 fully saturated rings. The number of nitrogens with zero attached hydrogens (tertiary/aromatic N) is 1. The number of hydrogen-bond donors (Lipinski definition) is 3. The number of hydrogen-bond acceptors (Lipinski definition) is 4. The van der Waals surface area contributed by atoms with Crippen molar-refractivity contribution in [1.82, 2.24) is 10.2 Å². The van der Waals surface area contributed by atoms with Gasteiger partial charge in [0.25, 0.3) is 0 Å². The molecule has 0 unspecified atom stereocenters. The lowest BCUT2D eigenvalue weighted by Gasteiger charge is -2.31. The van der Waals surface area contributed by atoms with Crippen molar-refractivity contribution in [2.75, 3.05) is 26.2 Å². The third-order valence-corrected chi connectivity index (χ3v) is 3.41. The third-order valence-electron chi connectivity index (χ3n) is 3.41. The van der Waals surface area contributed by atoms with Crippen LogP contribution in [-0.2, 0) is 14.4 Å². The molecule has 1 aliphatic rings. The molecule has 20 heavy (non-hydrogen) atoms. The van der Waals surface area contributed by atoms with Crippen molar-refractivity contribution in [3.63, 3.8) is 0 Å². The average Bonchev–Trinajstić information content (AvgIpc) is 2.45. The van der Waals surface area contributed by atoms with Crippen LogP contribution < -0.4 is 5.32 Å². The second kappa shape index (κ2) is 8.52. The lowest BCUT2D eigenvalue weighted by Crippen LogP contribution is -2.43. The number of piperidine rings is 1. The Hall–Kier alpha value is -1.63. The highest BCUT2D eigenvalue weighted by molar-refractivity contribution is 5.82. The van der Waals surface area contributed by atoms with Gasteiger partial charge in [-0.25, -0.2) is 0 Å². The van der Waals surface area contributed by atoms with Crippen molar-refractivity contribution < 1.29 is 24.6 Å². The zero-order chi connectivity index (χ0) is 15.0. The maximum Gasteiger partial charge on any atom is 0.303 e. The molecule has 0 aromatic heterocycles. The molecule has 0 aromatic rings. The van der Waals surface area contributed by atoms with Crippen LogP contribution in [0.3, 0.4) is 0 Å².